The van der Waals surface area contributed by atoms with E-state index >= 15 is 0 Å². The highest BCUT2D eigenvalue weighted by Gasteiger charge is 2.37. The number of nitrogens with one attached hydrogen (secondary N) is 2. The Balaban J connectivity index is 2.01. The number of anilines is 1. The van der Waals surface area contributed by atoms with E-state index in [1.807, 2.05) is 6.92 Å². The summed E-state index contributed by atoms with van der Waals surface area (Å²) in [6.45, 7) is 1.98. The molecule has 1 aromatic heterocycles. The van der Waals surface area contributed by atoms with E-state index in [1.165, 1.54) is 0 Å². The number of carboxylic acids is 1. The smallest absolute Gasteiger partial charge is 0.307 e. The SMILES string of the molecule is CCc1cc(NC(=O)[C@@H]2CCC[C@@H]2C(=O)O)n[nH]1. The second-order valence-electron chi connectivity index (χ2n) is 4.60. The van der Waals surface area contributed by atoms with Gasteiger partial charge >= 0.3 is 5.97 Å². The van der Waals surface area contributed by atoms with Crippen LogP contribution in [-0.2, 0) is 16.0 Å². The molecule has 0 aromatic carbocycles. The Hall–Kier alpha value is -1.85. The van der Waals surface area contributed by atoms with Crippen LogP contribution in [0.1, 0.15) is 31.9 Å². The first-order chi connectivity index (χ1) is 8.61. The summed E-state index contributed by atoms with van der Waals surface area (Å²) >= 11 is 0. The molecule has 0 spiro atoms. The van der Waals surface area contributed by atoms with Crippen LogP contribution < -0.4 is 5.32 Å². The third-order valence-corrected chi connectivity index (χ3v) is 3.43. The molecule has 0 aliphatic heterocycles. The van der Waals surface area contributed by atoms with Gasteiger partial charge in [0.1, 0.15) is 0 Å². The van der Waals surface area contributed by atoms with Gasteiger partial charge < -0.3 is 10.4 Å². The molecule has 0 unspecified atom stereocenters. The van der Waals surface area contributed by atoms with Gasteiger partial charge in [-0.05, 0) is 19.3 Å². The third kappa shape index (κ3) is 2.52. The van der Waals surface area contributed by atoms with Crippen LogP contribution in [0.25, 0.3) is 0 Å². The highest BCUT2D eigenvalue weighted by molar-refractivity contribution is 5.94. The molecule has 0 radical (unpaired) electrons. The van der Waals surface area contributed by atoms with E-state index in [-0.39, 0.29) is 5.91 Å². The number of hydrogen-bond donors (Lipinski definition) is 3. The van der Waals surface area contributed by atoms with Crippen molar-refractivity contribution in [2.75, 3.05) is 5.32 Å². The van der Waals surface area contributed by atoms with E-state index in [0.717, 1.165) is 18.5 Å². The number of hydrogen-bond acceptors (Lipinski definition) is 3. The van der Waals surface area contributed by atoms with Crippen molar-refractivity contribution < 1.29 is 14.7 Å². The standard InChI is InChI=1S/C12H17N3O3/c1-2-7-6-10(15-14-7)13-11(16)8-4-3-5-9(8)12(17)18/h6,8-9H,2-5H2,1H3,(H,17,18)(H2,13,14,15,16)/t8-,9+/m1/s1. The van der Waals surface area contributed by atoms with Crippen molar-refractivity contribution in [3.63, 3.8) is 0 Å². The number of carboxylic acid groups (broad SMARTS) is 1. The third-order valence-electron chi connectivity index (χ3n) is 3.43. The summed E-state index contributed by atoms with van der Waals surface area (Å²) in [6.07, 6.45) is 2.81. The molecule has 0 saturated heterocycles. The Labute approximate surface area is 105 Å². The number of rotatable bonds is 4. The maximum Gasteiger partial charge on any atom is 0.307 e. The minimum Gasteiger partial charge on any atom is -0.481 e. The predicted octanol–water partition coefficient (Wildman–Crippen LogP) is 1.41. The van der Waals surface area contributed by atoms with Crippen molar-refractivity contribution in [2.45, 2.75) is 32.6 Å². The number of aryl methyl sites for hydroxylation is 1. The minimum absolute atomic E-state index is 0.242. The first-order valence-electron chi connectivity index (χ1n) is 6.19. The zero-order chi connectivity index (χ0) is 13.1. The summed E-state index contributed by atoms with van der Waals surface area (Å²) < 4.78 is 0. The number of H-pyrrole nitrogens is 1. The first-order valence-corrected chi connectivity index (χ1v) is 6.19. The highest BCUT2D eigenvalue weighted by Crippen LogP contribution is 2.32. The molecule has 1 aliphatic rings. The molecule has 0 bridgehead atoms. The molecule has 3 N–H and O–H groups in total. The lowest BCUT2D eigenvalue weighted by Gasteiger charge is -2.14. The Morgan fingerprint density at radius 3 is 2.83 bits per heavy atom. The number of aromatic amines is 1. The summed E-state index contributed by atoms with van der Waals surface area (Å²) in [7, 11) is 0. The fourth-order valence-corrected chi connectivity index (χ4v) is 2.40. The lowest BCUT2D eigenvalue weighted by atomic mass is 9.95. The predicted molar refractivity (Wildman–Crippen MR) is 65.1 cm³/mol. The monoisotopic (exact) mass is 251 g/mol. The molecule has 6 heteroatoms. The second-order valence-corrected chi connectivity index (χ2v) is 4.60. The average Bonchev–Trinajstić information content (AvgIpc) is 2.96. The largest absolute Gasteiger partial charge is 0.481 e. The lowest BCUT2D eigenvalue weighted by molar-refractivity contribution is -0.145. The van der Waals surface area contributed by atoms with Gasteiger partial charge in [-0.3, -0.25) is 14.7 Å². The van der Waals surface area contributed by atoms with Crippen molar-refractivity contribution in [2.24, 2.45) is 11.8 Å². The fourth-order valence-electron chi connectivity index (χ4n) is 2.40. The van der Waals surface area contributed by atoms with Gasteiger partial charge in [0.15, 0.2) is 5.82 Å². The number of nitrogens with zero attached hydrogens (tertiary/aromatic N) is 1. The van der Waals surface area contributed by atoms with Crippen molar-refractivity contribution >= 4 is 17.7 Å². The summed E-state index contributed by atoms with van der Waals surface area (Å²) in [6, 6.07) is 1.77. The van der Waals surface area contributed by atoms with Gasteiger partial charge in [-0.2, -0.15) is 5.10 Å². The van der Waals surface area contributed by atoms with Gasteiger partial charge in [0.05, 0.1) is 11.8 Å². The van der Waals surface area contributed by atoms with Crippen LogP contribution in [0.5, 0.6) is 0 Å². The molecule has 2 atom stereocenters. The highest BCUT2D eigenvalue weighted by atomic mass is 16.4. The van der Waals surface area contributed by atoms with E-state index in [1.54, 1.807) is 6.07 Å². The second kappa shape index (κ2) is 5.20. The molecule has 1 aromatic rings. The maximum atomic E-state index is 12.0. The molecule has 98 valence electrons. The fraction of sp³-hybridized carbons (Fsp3) is 0.583. The Bertz CT molecular complexity index is 455. The van der Waals surface area contributed by atoms with Crippen LogP contribution >= 0.6 is 0 Å². The molecule has 1 heterocycles. The lowest BCUT2D eigenvalue weighted by Crippen LogP contribution is -2.30. The molecule has 1 fully saturated rings. The first kappa shape index (κ1) is 12.6. The number of carbonyl (C=O) groups is 2. The quantitative estimate of drug-likeness (QED) is 0.754. The zero-order valence-corrected chi connectivity index (χ0v) is 10.3. The summed E-state index contributed by atoms with van der Waals surface area (Å²) in [4.78, 5) is 23.0. The van der Waals surface area contributed by atoms with Crippen LogP contribution in [0.4, 0.5) is 5.82 Å². The summed E-state index contributed by atoms with van der Waals surface area (Å²) in [5, 5.41) is 18.5. The van der Waals surface area contributed by atoms with Crippen molar-refractivity contribution in [1.29, 1.82) is 0 Å². The van der Waals surface area contributed by atoms with Gasteiger partial charge in [-0.25, -0.2) is 0 Å². The van der Waals surface area contributed by atoms with Crippen molar-refractivity contribution in [3.05, 3.63) is 11.8 Å². The van der Waals surface area contributed by atoms with Crippen LogP contribution in [0.15, 0.2) is 6.07 Å². The van der Waals surface area contributed by atoms with Gasteiger partial charge in [-0.1, -0.05) is 13.3 Å². The summed E-state index contributed by atoms with van der Waals surface area (Å²) in [5.74, 6) is -1.66. The normalized spacial score (nSPS) is 22.9. The van der Waals surface area contributed by atoms with Crippen LogP contribution in [0.3, 0.4) is 0 Å². The van der Waals surface area contributed by atoms with Gasteiger partial charge in [0.25, 0.3) is 0 Å². The van der Waals surface area contributed by atoms with Crippen LogP contribution in [-0.4, -0.2) is 27.2 Å². The van der Waals surface area contributed by atoms with E-state index in [2.05, 4.69) is 15.5 Å². The molecule has 2 rings (SSSR count). The van der Waals surface area contributed by atoms with E-state index in [9.17, 15) is 9.59 Å². The molecule has 1 amide bonds. The van der Waals surface area contributed by atoms with E-state index in [4.69, 9.17) is 5.11 Å². The molecule has 1 saturated carbocycles. The Kier molecular flexibility index (Phi) is 3.64. The average molecular weight is 251 g/mol. The minimum atomic E-state index is -0.885. The molecule has 18 heavy (non-hydrogen) atoms. The Morgan fingerprint density at radius 2 is 2.22 bits per heavy atom. The molecular formula is C12H17N3O3. The number of amides is 1. The maximum absolute atomic E-state index is 12.0. The van der Waals surface area contributed by atoms with Crippen molar-refractivity contribution in [3.8, 4) is 0 Å². The van der Waals surface area contributed by atoms with E-state index < -0.39 is 17.8 Å². The number of aliphatic carboxylic acids is 1. The topological polar surface area (TPSA) is 95.1 Å². The molecule has 1 aliphatic carbocycles. The van der Waals surface area contributed by atoms with Crippen molar-refractivity contribution in [1.82, 2.24) is 10.2 Å². The Morgan fingerprint density at radius 1 is 1.50 bits per heavy atom. The molecule has 6 nitrogen and oxygen atoms in total. The van der Waals surface area contributed by atoms with Crippen LogP contribution in [0, 0.1) is 11.8 Å². The summed E-state index contributed by atoms with van der Waals surface area (Å²) in [5.41, 5.74) is 0.937. The van der Waals surface area contributed by atoms with Gasteiger partial charge in [-0.15, -0.1) is 0 Å². The van der Waals surface area contributed by atoms with Gasteiger partial charge in [0.2, 0.25) is 5.91 Å². The molecular weight excluding hydrogens is 234 g/mol. The zero-order valence-electron chi connectivity index (χ0n) is 10.3. The van der Waals surface area contributed by atoms with Crippen LogP contribution in [0.2, 0.25) is 0 Å². The van der Waals surface area contributed by atoms with Gasteiger partial charge in [0, 0.05) is 11.8 Å². The number of aromatic nitrogens is 2. The van der Waals surface area contributed by atoms with E-state index in [0.29, 0.717) is 18.7 Å². The number of carbonyl (C=O) groups excluding carboxylic acids is 1.